The first-order valence-corrected chi connectivity index (χ1v) is 7.89. The maximum Gasteiger partial charge on any atom is 0.271 e. The lowest BCUT2D eigenvalue weighted by atomic mass is 10.2. The van der Waals surface area contributed by atoms with Crippen LogP contribution in [0.5, 0.6) is 5.75 Å². The summed E-state index contributed by atoms with van der Waals surface area (Å²) in [6.45, 7) is 2.79. The monoisotopic (exact) mass is 328 g/mol. The normalized spacial score (nSPS) is 10.2. The fraction of sp³-hybridized carbons (Fsp3) is 0.278. The van der Waals surface area contributed by atoms with Gasteiger partial charge < -0.3 is 10.1 Å². The SMILES string of the molecule is CCCCCOc1ccc(C(=O)Nc2cccc([N+](=O)[O-])c2)cc1. The molecule has 0 aromatic heterocycles. The van der Waals surface area contributed by atoms with Crippen LogP contribution in [0.25, 0.3) is 0 Å². The van der Waals surface area contributed by atoms with Crippen molar-refractivity contribution in [2.45, 2.75) is 26.2 Å². The number of nitro groups is 1. The molecule has 2 aromatic rings. The lowest BCUT2D eigenvalue weighted by molar-refractivity contribution is -0.384. The van der Waals surface area contributed by atoms with E-state index in [-0.39, 0.29) is 11.6 Å². The minimum absolute atomic E-state index is 0.0661. The van der Waals surface area contributed by atoms with E-state index in [1.54, 1.807) is 30.3 Å². The van der Waals surface area contributed by atoms with Crippen molar-refractivity contribution < 1.29 is 14.5 Å². The summed E-state index contributed by atoms with van der Waals surface area (Å²) in [4.78, 5) is 22.4. The van der Waals surface area contributed by atoms with Gasteiger partial charge in [-0.1, -0.05) is 25.8 Å². The number of hydrogen-bond acceptors (Lipinski definition) is 4. The third-order valence-corrected chi connectivity index (χ3v) is 3.45. The summed E-state index contributed by atoms with van der Waals surface area (Å²) in [5, 5.41) is 13.4. The number of nitro benzene ring substituents is 1. The van der Waals surface area contributed by atoms with Gasteiger partial charge >= 0.3 is 0 Å². The number of rotatable bonds is 8. The fourth-order valence-corrected chi connectivity index (χ4v) is 2.15. The lowest BCUT2D eigenvalue weighted by Crippen LogP contribution is -2.11. The molecule has 1 amide bonds. The second-order valence-corrected chi connectivity index (χ2v) is 5.34. The highest BCUT2D eigenvalue weighted by Gasteiger charge is 2.10. The van der Waals surface area contributed by atoms with Gasteiger partial charge in [0.1, 0.15) is 5.75 Å². The standard InChI is InChI=1S/C18H20N2O4/c1-2-3-4-12-24-17-10-8-14(9-11-17)18(21)19-15-6-5-7-16(13-15)20(22)23/h5-11,13H,2-4,12H2,1H3,(H,19,21). The topological polar surface area (TPSA) is 81.5 Å². The number of non-ortho nitro benzene ring substituents is 1. The number of ether oxygens (including phenoxy) is 1. The molecule has 24 heavy (non-hydrogen) atoms. The number of unbranched alkanes of at least 4 members (excludes halogenated alkanes) is 2. The first-order chi connectivity index (χ1) is 11.6. The Morgan fingerprint density at radius 3 is 2.58 bits per heavy atom. The Morgan fingerprint density at radius 2 is 1.92 bits per heavy atom. The molecule has 6 heteroatoms. The molecule has 0 spiro atoms. The Labute approximate surface area is 140 Å². The van der Waals surface area contributed by atoms with Gasteiger partial charge in [0.15, 0.2) is 0 Å². The minimum Gasteiger partial charge on any atom is -0.494 e. The second kappa shape index (κ2) is 8.67. The van der Waals surface area contributed by atoms with Gasteiger partial charge in [0.25, 0.3) is 11.6 Å². The minimum atomic E-state index is -0.500. The number of anilines is 1. The van der Waals surface area contributed by atoms with Gasteiger partial charge in [0.05, 0.1) is 11.5 Å². The largest absolute Gasteiger partial charge is 0.494 e. The number of hydrogen-bond donors (Lipinski definition) is 1. The van der Waals surface area contributed by atoms with E-state index in [0.29, 0.717) is 17.9 Å². The van der Waals surface area contributed by atoms with E-state index >= 15 is 0 Å². The van der Waals surface area contributed by atoms with Crippen LogP contribution >= 0.6 is 0 Å². The van der Waals surface area contributed by atoms with Crippen molar-refractivity contribution in [2.24, 2.45) is 0 Å². The number of benzene rings is 2. The van der Waals surface area contributed by atoms with E-state index in [1.807, 2.05) is 0 Å². The van der Waals surface area contributed by atoms with Crippen LogP contribution in [0.4, 0.5) is 11.4 Å². The molecular formula is C18H20N2O4. The molecule has 2 rings (SSSR count). The van der Waals surface area contributed by atoms with Crippen molar-refractivity contribution in [3.8, 4) is 5.75 Å². The maximum absolute atomic E-state index is 12.2. The van der Waals surface area contributed by atoms with Crippen molar-refractivity contribution in [3.05, 3.63) is 64.2 Å². The Bertz CT molecular complexity index is 698. The van der Waals surface area contributed by atoms with Crippen LogP contribution in [0.2, 0.25) is 0 Å². The van der Waals surface area contributed by atoms with E-state index in [1.165, 1.54) is 18.2 Å². The van der Waals surface area contributed by atoms with Gasteiger partial charge in [0.2, 0.25) is 0 Å². The number of nitrogens with zero attached hydrogens (tertiary/aromatic N) is 1. The summed E-state index contributed by atoms with van der Waals surface area (Å²) in [6.07, 6.45) is 3.27. The summed E-state index contributed by atoms with van der Waals surface area (Å²) < 4.78 is 5.60. The summed E-state index contributed by atoms with van der Waals surface area (Å²) >= 11 is 0. The molecule has 1 N–H and O–H groups in total. The van der Waals surface area contributed by atoms with Gasteiger partial charge in [-0.05, 0) is 36.8 Å². The molecule has 6 nitrogen and oxygen atoms in total. The molecule has 0 saturated carbocycles. The molecule has 0 aliphatic rings. The summed E-state index contributed by atoms with van der Waals surface area (Å²) in [5.41, 5.74) is 0.778. The lowest BCUT2D eigenvalue weighted by Gasteiger charge is -2.08. The number of carbonyl (C=O) groups is 1. The first kappa shape index (κ1) is 17.5. The molecule has 0 unspecified atom stereocenters. The molecule has 0 aliphatic carbocycles. The smallest absolute Gasteiger partial charge is 0.271 e. The number of amides is 1. The molecule has 0 bridgehead atoms. The predicted molar refractivity (Wildman–Crippen MR) is 92.5 cm³/mol. The van der Waals surface area contributed by atoms with Gasteiger partial charge in [-0.2, -0.15) is 0 Å². The Balaban J connectivity index is 1.95. The van der Waals surface area contributed by atoms with Crippen LogP contribution in [-0.4, -0.2) is 17.4 Å². The van der Waals surface area contributed by atoms with Gasteiger partial charge in [0, 0.05) is 23.4 Å². The Kier molecular flexibility index (Phi) is 6.31. The highest BCUT2D eigenvalue weighted by Crippen LogP contribution is 2.19. The van der Waals surface area contributed by atoms with E-state index in [9.17, 15) is 14.9 Å². The second-order valence-electron chi connectivity index (χ2n) is 5.34. The molecule has 0 fully saturated rings. The third-order valence-electron chi connectivity index (χ3n) is 3.45. The molecule has 0 radical (unpaired) electrons. The van der Waals surface area contributed by atoms with E-state index in [4.69, 9.17) is 4.74 Å². The zero-order chi connectivity index (χ0) is 17.4. The van der Waals surface area contributed by atoms with Gasteiger partial charge in [-0.25, -0.2) is 0 Å². The first-order valence-electron chi connectivity index (χ1n) is 7.89. The zero-order valence-corrected chi connectivity index (χ0v) is 13.5. The Morgan fingerprint density at radius 1 is 1.17 bits per heavy atom. The molecule has 126 valence electrons. The quantitative estimate of drug-likeness (QED) is 0.442. The van der Waals surface area contributed by atoms with E-state index < -0.39 is 4.92 Å². The number of carbonyl (C=O) groups excluding carboxylic acids is 1. The zero-order valence-electron chi connectivity index (χ0n) is 13.5. The highest BCUT2D eigenvalue weighted by atomic mass is 16.6. The molecular weight excluding hydrogens is 308 g/mol. The summed E-state index contributed by atoms with van der Waals surface area (Å²) in [5.74, 6) is 0.394. The molecule has 0 atom stereocenters. The van der Waals surface area contributed by atoms with Crippen molar-refractivity contribution >= 4 is 17.3 Å². The highest BCUT2D eigenvalue weighted by molar-refractivity contribution is 6.04. The molecule has 2 aromatic carbocycles. The van der Waals surface area contributed by atoms with Crippen LogP contribution < -0.4 is 10.1 Å². The fourth-order valence-electron chi connectivity index (χ4n) is 2.15. The summed E-state index contributed by atoms with van der Waals surface area (Å²) in [6, 6.07) is 12.7. The van der Waals surface area contributed by atoms with Crippen molar-refractivity contribution in [1.29, 1.82) is 0 Å². The van der Waals surface area contributed by atoms with Crippen molar-refractivity contribution in [2.75, 3.05) is 11.9 Å². The number of nitrogens with one attached hydrogen (secondary N) is 1. The van der Waals surface area contributed by atoms with Crippen molar-refractivity contribution in [3.63, 3.8) is 0 Å². The summed E-state index contributed by atoms with van der Waals surface area (Å²) in [7, 11) is 0. The maximum atomic E-state index is 12.2. The predicted octanol–water partition coefficient (Wildman–Crippen LogP) is 4.42. The van der Waals surface area contributed by atoms with Crippen LogP contribution in [0.1, 0.15) is 36.5 Å². The molecule has 0 saturated heterocycles. The third kappa shape index (κ3) is 5.08. The van der Waals surface area contributed by atoms with Crippen LogP contribution in [0, 0.1) is 10.1 Å². The van der Waals surface area contributed by atoms with Crippen LogP contribution in [-0.2, 0) is 0 Å². The average molecular weight is 328 g/mol. The van der Waals surface area contributed by atoms with E-state index in [2.05, 4.69) is 12.2 Å². The van der Waals surface area contributed by atoms with Crippen LogP contribution in [0.3, 0.4) is 0 Å². The molecule has 0 aliphatic heterocycles. The molecule has 0 heterocycles. The van der Waals surface area contributed by atoms with Crippen molar-refractivity contribution in [1.82, 2.24) is 0 Å². The van der Waals surface area contributed by atoms with Gasteiger partial charge in [-0.3, -0.25) is 14.9 Å². The average Bonchev–Trinajstić information content (AvgIpc) is 2.59. The van der Waals surface area contributed by atoms with Gasteiger partial charge in [-0.15, -0.1) is 0 Å². The Hall–Kier alpha value is -2.89. The van der Waals surface area contributed by atoms with Crippen LogP contribution in [0.15, 0.2) is 48.5 Å². The van der Waals surface area contributed by atoms with E-state index in [0.717, 1.165) is 25.0 Å².